The molecule has 5 heteroatoms. The Morgan fingerprint density at radius 2 is 1.95 bits per heavy atom. The molecule has 0 aliphatic carbocycles. The number of methoxy groups -OCH3 is 1. The highest BCUT2D eigenvalue weighted by Gasteiger charge is 2.19. The lowest BCUT2D eigenvalue weighted by atomic mass is 10.0. The van der Waals surface area contributed by atoms with Crippen molar-refractivity contribution in [3.05, 3.63) is 48.5 Å². The molecule has 0 N–H and O–H groups in total. The second-order valence-corrected chi connectivity index (χ2v) is 6.09. The van der Waals surface area contributed by atoms with Gasteiger partial charge in [0.25, 0.3) is 0 Å². The summed E-state index contributed by atoms with van der Waals surface area (Å²) in [6.45, 7) is 6.02. The third-order valence-electron chi connectivity index (χ3n) is 3.16. The van der Waals surface area contributed by atoms with Gasteiger partial charge in [0.1, 0.15) is 11.4 Å². The normalized spacial score (nSPS) is 12.7. The molecule has 0 radical (unpaired) electrons. The van der Waals surface area contributed by atoms with Crippen LogP contribution in [0.15, 0.2) is 43.0 Å². The third-order valence-corrected chi connectivity index (χ3v) is 3.16. The number of carbonyl (C=O) groups is 1. The first-order valence-electron chi connectivity index (χ1n) is 7.22. The van der Waals surface area contributed by atoms with Crippen LogP contribution in [0.4, 0.5) is 0 Å². The number of aromatic nitrogens is 2. The van der Waals surface area contributed by atoms with E-state index in [4.69, 9.17) is 9.47 Å². The van der Waals surface area contributed by atoms with Gasteiger partial charge < -0.3 is 14.0 Å². The monoisotopic (exact) mass is 302 g/mol. The van der Waals surface area contributed by atoms with Crippen LogP contribution in [0.25, 0.3) is 0 Å². The lowest BCUT2D eigenvalue weighted by Gasteiger charge is -2.22. The third kappa shape index (κ3) is 4.35. The molecule has 0 amide bonds. The van der Waals surface area contributed by atoms with Gasteiger partial charge in [-0.2, -0.15) is 0 Å². The number of hydrogen-bond acceptors (Lipinski definition) is 4. The summed E-state index contributed by atoms with van der Waals surface area (Å²) in [7, 11) is 1.40. The van der Waals surface area contributed by atoms with Gasteiger partial charge in [-0.3, -0.25) is 4.79 Å². The van der Waals surface area contributed by atoms with E-state index in [9.17, 15) is 4.79 Å². The Bertz CT molecular complexity index is 598. The molecule has 0 bridgehead atoms. The summed E-state index contributed by atoms with van der Waals surface area (Å²) in [6.07, 6.45) is 5.49. The van der Waals surface area contributed by atoms with E-state index >= 15 is 0 Å². The summed E-state index contributed by atoms with van der Waals surface area (Å²) in [5, 5.41) is 0. The molecule has 0 aliphatic rings. The van der Waals surface area contributed by atoms with E-state index in [2.05, 4.69) is 4.98 Å². The molecule has 1 heterocycles. The van der Waals surface area contributed by atoms with Gasteiger partial charge in [-0.1, -0.05) is 12.1 Å². The summed E-state index contributed by atoms with van der Waals surface area (Å²) in [6, 6.07) is 7.63. The van der Waals surface area contributed by atoms with Crippen molar-refractivity contribution in [1.29, 1.82) is 0 Å². The van der Waals surface area contributed by atoms with Crippen molar-refractivity contribution in [3.8, 4) is 5.75 Å². The Morgan fingerprint density at radius 3 is 2.45 bits per heavy atom. The second kappa shape index (κ2) is 6.64. The molecular weight excluding hydrogens is 280 g/mol. The molecule has 5 nitrogen and oxygen atoms in total. The first-order valence-corrected chi connectivity index (χ1v) is 7.22. The molecule has 22 heavy (non-hydrogen) atoms. The Morgan fingerprint density at radius 1 is 1.27 bits per heavy atom. The molecule has 1 aromatic carbocycles. The molecule has 0 saturated carbocycles. The molecule has 1 aromatic heterocycles. The average Bonchev–Trinajstić information content (AvgIpc) is 2.97. The van der Waals surface area contributed by atoms with E-state index in [1.54, 1.807) is 12.5 Å². The van der Waals surface area contributed by atoms with Crippen LogP contribution >= 0.6 is 0 Å². The zero-order valence-electron chi connectivity index (χ0n) is 13.4. The number of benzene rings is 1. The summed E-state index contributed by atoms with van der Waals surface area (Å²) in [5.41, 5.74) is 0.766. The fourth-order valence-corrected chi connectivity index (χ4v) is 2.20. The largest absolute Gasteiger partial charge is 0.488 e. The van der Waals surface area contributed by atoms with Gasteiger partial charge in [-0.25, -0.2) is 4.98 Å². The molecule has 0 spiro atoms. The van der Waals surface area contributed by atoms with Gasteiger partial charge in [0, 0.05) is 12.4 Å². The lowest BCUT2D eigenvalue weighted by molar-refractivity contribution is -0.141. The molecular formula is C17H22N2O3. The molecule has 0 aliphatic heterocycles. The minimum absolute atomic E-state index is 0.140. The highest BCUT2D eigenvalue weighted by Crippen LogP contribution is 2.26. The quantitative estimate of drug-likeness (QED) is 0.796. The van der Waals surface area contributed by atoms with Crippen molar-refractivity contribution in [2.75, 3.05) is 7.11 Å². The van der Waals surface area contributed by atoms with Crippen LogP contribution in [0, 0.1) is 0 Å². The molecule has 1 unspecified atom stereocenters. The number of esters is 1. The highest BCUT2D eigenvalue weighted by atomic mass is 16.5. The van der Waals surface area contributed by atoms with Gasteiger partial charge in [0.2, 0.25) is 0 Å². The summed E-state index contributed by atoms with van der Waals surface area (Å²) >= 11 is 0. The van der Waals surface area contributed by atoms with Crippen molar-refractivity contribution >= 4 is 5.97 Å². The number of rotatable bonds is 5. The van der Waals surface area contributed by atoms with Crippen molar-refractivity contribution < 1.29 is 14.3 Å². The summed E-state index contributed by atoms with van der Waals surface area (Å²) in [4.78, 5) is 15.7. The maximum absolute atomic E-state index is 11.7. The lowest BCUT2D eigenvalue weighted by Crippen LogP contribution is -2.23. The Hall–Kier alpha value is -2.30. The summed E-state index contributed by atoms with van der Waals surface area (Å²) in [5.74, 6) is 0.549. The van der Waals surface area contributed by atoms with Crippen LogP contribution in [0.1, 0.15) is 38.8 Å². The van der Waals surface area contributed by atoms with E-state index in [0.717, 1.165) is 11.3 Å². The van der Waals surface area contributed by atoms with Crippen LogP contribution in [0.3, 0.4) is 0 Å². The fourth-order valence-electron chi connectivity index (χ4n) is 2.20. The van der Waals surface area contributed by atoms with Crippen LogP contribution < -0.4 is 4.74 Å². The van der Waals surface area contributed by atoms with Crippen molar-refractivity contribution in [3.63, 3.8) is 0 Å². The van der Waals surface area contributed by atoms with Gasteiger partial charge in [-0.05, 0) is 38.5 Å². The fraction of sp³-hybridized carbons (Fsp3) is 0.412. The molecule has 2 rings (SSSR count). The van der Waals surface area contributed by atoms with Gasteiger partial charge in [-0.15, -0.1) is 0 Å². The zero-order chi connectivity index (χ0) is 16.2. The summed E-state index contributed by atoms with van der Waals surface area (Å²) < 4.78 is 12.5. The van der Waals surface area contributed by atoms with E-state index in [-0.39, 0.29) is 24.0 Å². The maximum atomic E-state index is 11.7. The van der Waals surface area contributed by atoms with E-state index in [1.807, 2.05) is 55.8 Å². The minimum atomic E-state index is -0.256. The van der Waals surface area contributed by atoms with E-state index in [0.29, 0.717) is 0 Å². The number of ether oxygens (including phenoxy) is 2. The number of carbonyl (C=O) groups excluding carboxylic acids is 1. The second-order valence-electron chi connectivity index (χ2n) is 6.09. The first-order chi connectivity index (χ1) is 10.4. The smallest absolute Gasteiger partial charge is 0.307 e. The van der Waals surface area contributed by atoms with Crippen molar-refractivity contribution in [1.82, 2.24) is 9.55 Å². The minimum Gasteiger partial charge on any atom is -0.488 e. The van der Waals surface area contributed by atoms with Crippen LogP contribution in [0.5, 0.6) is 5.75 Å². The van der Waals surface area contributed by atoms with Crippen molar-refractivity contribution in [2.24, 2.45) is 0 Å². The van der Waals surface area contributed by atoms with E-state index < -0.39 is 0 Å². The Balaban J connectivity index is 2.22. The molecule has 0 fully saturated rings. The van der Waals surface area contributed by atoms with Gasteiger partial charge >= 0.3 is 5.97 Å². The van der Waals surface area contributed by atoms with Gasteiger partial charge in [0.15, 0.2) is 0 Å². The first kappa shape index (κ1) is 16.1. The molecule has 118 valence electrons. The van der Waals surface area contributed by atoms with Crippen LogP contribution in [-0.2, 0) is 9.53 Å². The highest BCUT2D eigenvalue weighted by molar-refractivity contribution is 5.70. The topological polar surface area (TPSA) is 53.4 Å². The zero-order valence-corrected chi connectivity index (χ0v) is 13.4. The Kier molecular flexibility index (Phi) is 4.85. The van der Waals surface area contributed by atoms with Gasteiger partial charge in [0.05, 0.1) is 25.9 Å². The predicted octanol–water partition coefficient (Wildman–Crippen LogP) is 3.21. The maximum Gasteiger partial charge on any atom is 0.307 e. The Labute approximate surface area is 130 Å². The van der Waals surface area contributed by atoms with Crippen LogP contribution in [0.2, 0.25) is 0 Å². The SMILES string of the molecule is COC(=O)CC(c1ccc(OC(C)(C)C)cc1)n1ccnc1. The average molecular weight is 302 g/mol. The predicted molar refractivity (Wildman–Crippen MR) is 83.8 cm³/mol. The number of imidazole rings is 1. The van der Waals surface area contributed by atoms with Crippen LogP contribution in [-0.4, -0.2) is 28.2 Å². The number of nitrogens with zero attached hydrogens (tertiary/aromatic N) is 2. The van der Waals surface area contributed by atoms with Crippen molar-refractivity contribution in [2.45, 2.75) is 38.8 Å². The molecule has 0 saturated heterocycles. The van der Waals surface area contributed by atoms with E-state index in [1.165, 1.54) is 7.11 Å². The number of hydrogen-bond donors (Lipinski definition) is 0. The standard InChI is InChI=1S/C17H22N2O3/c1-17(2,3)22-14-7-5-13(6-8-14)15(11-16(20)21-4)19-10-9-18-12-19/h5-10,12,15H,11H2,1-4H3. The molecule has 1 atom stereocenters. The molecule has 2 aromatic rings.